The Balaban J connectivity index is 2.91. The fourth-order valence-electron chi connectivity index (χ4n) is 2.03. The summed E-state index contributed by atoms with van der Waals surface area (Å²) in [6, 6.07) is 0. The van der Waals surface area contributed by atoms with E-state index in [1.165, 1.54) is 12.0 Å². The minimum absolute atomic E-state index is 0.138. The van der Waals surface area contributed by atoms with Crippen molar-refractivity contribution in [2.75, 3.05) is 20.2 Å². The van der Waals surface area contributed by atoms with Gasteiger partial charge in [0.25, 0.3) is 0 Å². The number of amides is 2. The Labute approximate surface area is 119 Å². The summed E-state index contributed by atoms with van der Waals surface area (Å²) in [6.07, 6.45) is -0.0339. The summed E-state index contributed by atoms with van der Waals surface area (Å²) in [7, 11) is 1.41. The highest BCUT2D eigenvalue weighted by Gasteiger charge is 2.44. The lowest BCUT2D eigenvalue weighted by molar-refractivity contribution is -0.124. The summed E-state index contributed by atoms with van der Waals surface area (Å²) >= 11 is 0. The fraction of sp³-hybridized carbons (Fsp3) is 0.769. The largest absolute Gasteiger partial charge is 0.444 e. The van der Waals surface area contributed by atoms with Crippen LogP contribution in [0.3, 0.4) is 0 Å². The third-order valence-electron chi connectivity index (χ3n) is 3.16. The van der Waals surface area contributed by atoms with Crippen molar-refractivity contribution in [1.29, 1.82) is 0 Å². The molecule has 0 aromatic heterocycles. The van der Waals surface area contributed by atoms with Gasteiger partial charge in [0.15, 0.2) is 0 Å². The lowest BCUT2D eigenvalue weighted by Crippen LogP contribution is -2.56. The Morgan fingerprint density at radius 2 is 2.00 bits per heavy atom. The van der Waals surface area contributed by atoms with Crippen molar-refractivity contribution in [1.82, 2.24) is 4.90 Å². The third kappa shape index (κ3) is 3.61. The molecule has 2 N–H and O–H groups in total. The van der Waals surface area contributed by atoms with Gasteiger partial charge < -0.3 is 20.2 Å². The normalized spacial score (nSPS) is 25.4. The summed E-state index contributed by atoms with van der Waals surface area (Å²) in [5.41, 5.74) is 4.39. The van der Waals surface area contributed by atoms with Crippen LogP contribution in [-0.2, 0) is 14.4 Å². The predicted octanol–water partition coefficient (Wildman–Crippen LogP) is 1.12. The van der Waals surface area contributed by atoms with Crippen LogP contribution in [0, 0.1) is 5.41 Å². The van der Waals surface area contributed by atoms with E-state index in [0.717, 1.165) is 0 Å². The molecule has 0 aliphatic carbocycles. The number of nitrogens with two attached hydrogens (primary N) is 1. The molecule has 20 heavy (non-hydrogen) atoms. The molecule has 0 aromatic carbocycles. The van der Waals surface area contributed by atoms with Crippen LogP contribution in [0.1, 0.15) is 34.1 Å². The molecule has 114 valence electrons. The first-order chi connectivity index (χ1) is 9.10. The van der Waals surface area contributed by atoms with Gasteiger partial charge in [-0.05, 0) is 27.7 Å². The lowest BCUT2D eigenvalue weighted by Gasteiger charge is -2.39. The number of nitrogens with zero attached hydrogens (tertiary/aromatic N) is 2. The van der Waals surface area contributed by atoms with Gasteiger partial charge in [0.05, 0.1) is 5.71 Å². The number of piperidine rings is 1. The molecule has 2 amide bonds. The van der Waals surface area contributed by atoms with Crippen molar-refractivity contribution < 1.29 is 19.2 Å². The molecule has 7 heteroatoms. The second kappa shape index (κ2) is 5.68. The lowest BCUT2D eigenvalue weighted by atomic mass is 9.79. The highest BCUT2D eigenvalue weighted by molar-refractivity contribution is 6.08. The summed E-state index contributed by atoms with van der Waals surface area (Å²) in [6.45, 7) is 7.59. The minimum Gasteiger partial charge on any atom is -0.444 e. The number of likely N-dealkylation sites (tertiary alicyclic amines) is 1. The summed E-state index contributed by atoms with van der Waals surface area (Å²) in [5.74, 6) is -0.540. The average Bonchev–Trinajstić information content (AvgIpc) is 2.29. The standard InChI is InChI=1S/C13H23N3O4/c1-12(2,3)20-11(18)16-7-6-9(15-19-5)13(4,8-16)10(14)17/h6-8H2,1-5H3,(H2,14,17)/b15-9+/t13-/m1/s1. The maximum absolute atomic E-state index is 12.1. The van der Waals surface area contributed by atoms with E-state index >= 15 is 0 Å². The minimum atomic E-state index is -1.04. The number of rotatable bonds is 2. The fourth-order valence-corrected chi connectivity index (χ4v) is 2.03. The Morgan fingerprint density at radius 1 is 1.40 bits per heavy atom. The second-order valence-corrected chi connectivity index (χ2v) is 6.07. The summed E-state index contributed by atoms with van der Waals surface area (Å²) < 4.78 is 5.31. The van der Waals surface area contributed by atoms with E-state index in [0.29, 0.717) is 18.7 Å². The van der Waals surface area contributed by atoms with Crippen molar-refractivity contribution >= 4 is 17.7 Å². The molecule has 0 unspecified atom stereocenters. The maximum atomic E-state index is 12.1. The summed E-state index contributed by atoms with van der Waals surface area (Å²) in [4.78, 5) is 30.0. The Hall–Kier alpha value is -1.79. The summed E-state index contributed by atoms with van der Waals surface area (Å²) in [5, 5.41) is 3.86. The highest BCUT2D eigenvalue weighted by Crippen LogP contribution is 2.28. The van der Waals surface area contributed by atoms with Crippen LogP contribution in [0.2, 0.25) is 0 Å². The van der Waals surface area contributed by atoms with E-state index in [9.17, 15) is 9.59 Å². The van der Waals surface area contributed by atoms with Gasteiger partial charge >= 0.3 is 6.09 Å². The molecule has 1 saturated heterocycles. The molecule has 0 spiro atoms. The van der Waals surface area contributed by atoms with E-state index in [1.807, 2.05) is 0 Å². The first-order valence-electron chi connectivity index (χ1n) is 6.48. The highest BCUT2D eigenvalue weighted by atomic mass is 16.6. The molecule has 0 bridgehead atoms. The zero-order chi connectivity index (χ0) is 15.6. The Bertz CT molecular complexity index is 428. The first kappa shape index (κ1) is 16.3. The van der Waals surface area contributed by atoms with Gasteiger partial charge in [-0.25, -0.2) is 4.79 Å². The molecule has 1 rings (SSSR count). The molecule has 1 fully saturated rings. The number of carbonyl (C=O) groups excluding carboxylic acids is 2. The van der Waals surface area contributed by atoms with Gasteiger partial charge in [-0.3, -0.25) is 4.79 Å². The van der Waals surface area contributed by atoms with Crippen LogP contribution < -0.4 is 5.73 Å². The van der Waals surface area contributed by atoms with E-state index in [2.05, 4.69) is 5.16 Å². The maximum Gasteiger partial charge on any atom is 0.410 e. The average molecular weight is 285 g/mol. The molecule has 1 atom stereocenters. The van der Waals surface area contributed by atoms with Gasteiger partial charge in [0.2, 0.25) is 5.91 Å². The predicted molar refractivity (Wildman–Crippen MR) is 74.2 cm³/mol. The van der Waals surface area contributed by atoms with Gasteiger partial charge in [-0.2, -0.15) is 0 Å². The first-order valence-corrected chi connectivity index (χ1v) is 6.48. The van der Waals surface area contributed by atoms with Crippen LogP contribution >= 0.6 is 0 Å². The Morgan fingerprint density at radius 3 is 2.45 bits per heavy atom. The number of primary amides is 1. The molecule has 0 saturated carbocycles. The number of oxime groups is 1. The van der Waals surface area contributed by atoms with Gasteiger partial charge in [0, 0.05) is 19.5 Å². The van der Waals surface area contributed by atoms with Crippen LogP contribution in [0.25, 0.3) is 0 Å². The van der Waals surface area contributed by atoms with E-state index in [1.54, 1.807) is 27.7 Å². The quantitative estimate of drug-likeness (QED) is 0.769. The third-order valence-corrected chi connectivity index (χ3v) is 3.16. The molecule has 0 aromatic rings. The van der Waals surface area contributed by atoms with E-state index in [-0.39, 0.29) is 6.54 Å². The van der Waals surface area contributed by atoms with Crippen LogP contribution in [0.15, 0.2) is 5.16 Å². The molecule has 1 heterocycles. The number of ether oxygens (including phenoxy) is 1. The van der Waals surface area contributed by atoms with Crippen molar-refractivity contribution in [3.8, 4) is 0 Å². The molecule has 1 aliphatic heterocycles. The number of carbonyl (C=O) groups is 2. The van der Waals surface area contributed by atoms with Crippen molar-refractivity contribution in [3.63, 3.8) is 0 Å². The SMILES string of the molecule is CO/N=C1\CCN(C(=O)OC(C)(C)C)C[C@@]1(C)C(N)=O. The van der Waals surface area contributed by atoms with Crippen molar-refractivity contribution in [3.05, 3.63) is 0 Å². The molecule has 1 aliphatic rings. The zero-order valence-electron chi connectivity index (χ0n) is 12.7. The van der Waals surface area contributed by atoms with E-state index < -0.39 is 23.0 Å². The molecule has 0 radical (unpaired) electrons. The number of hydrogen-bond donors (Lipinski definition) is 1. The monoisotopic (exact) mass is 285 g/mol. The van der Waals surface area contributed by atoms with E-state index in [4.69, 9.17) is 15.3 Å². The molecule has 7 nitrogen and oxygen atoms in total. The zero-order valence-corrected chi connectivity index (χ0v) is 12.7. The van der Waals surface area contributed by atoms with Gasteiger partial charge in [-0.15, -0.1) is 0 Å². The molecular weight excluding hydrogens is 262 g/mol. The second-order valence-electron chi connectivity index (χ2n) is 6.07. The van der Waals surface area contributed by atoms with Crippen LogP contribution in [0.4, 0.5) is 4.79 Å². The molecular formula is C13H23N3O4. The Kier molecular flexibility index (Phi) is 4.62. The van der Waals surface area contributed by atoms with Crippen LogP contribution in [0.5, 0.6) is 0 Å². The number of hydrogen-bond acceptors (Lipinski definition) is 5. The van der Waals surface area contributed by atoms with Crippen molar-refractivity contribution in [2.24, 2.45) is 16.3 Å². The van der Waals surface area contributed by atoms with Crippen molar-refractivity contribution in [2.45, 2.75) is 39.7 Å². The van der Waals surface area contributed by atoms with Gasteiger partial charge in [0.1, 0.15) is 18.1 Å². The van der Waals surface area contributed by atoms with Gasteiger partial charge in [-0.1, -0.05) is 5.16 Å². The smallest absolute Gasteiger partial charge is 0.410 e. The van der Waals surface area contributed by atoms with Crippen LogP contribution in [-0.4, -0.2) is 48.4 Å². The topological polar surface area (TPSA) is 94.2 Å².